The molecule has 2 heteroatoms. The van der Waals surface area contributed by atoms with Crippen LogP contribution in [0.4, 0.5) is 0 Å². The van der Waals surface area contributed by atoms with Crippen LogP contribution in [0.25, 0.3) is 97.7 Å². The molecule has 2 aromatic heterocycles. The molecule has 1 aliphatic carbocycles. The van der Waals surface area contributed by atoms with Gasteiger partial charge in [-0.2, -0.15) is 0 Å². The standard InChI is InChI=1S/C66H48OS/c1-66(2)60-20-8-6-14-54(60)55-36-34-49(40-61(55)66)50-35-37-57-59-19-11-17-53(65(59)68-63(57)41-50)48-32-30-46(31-33-48)51(38-42-22-26-45(27-23-42)44-12-4-3-5-13-44)39-43-24-28-47(29-25-43)52-16-10-18-58-56-15-7-9-21-62(56)67-64(52)58/h3-37,40-41,51H,38-39H2,1-2H3. The number of hydrogen-bond donors (Lipinski definition) is 0. The predicted octanol–water partition coefficient (Wildman–Crippen LogP) is 18.5. The summed E-state index contributed by atoms with van der Waals surface area (Å²) in [5.74, 6) is 0.286. The Labute approximate surface area is 401 Å². The molecule has 0 fully saturated rings. The topological polar surface area (TPSA) is 13.1 Å². The molecule has 13 rings (SSSR count). The van der Waals surface area contributed by atoms with Crippen LogP contribution in [0.15, 0.2) is 229 Å². The first-order chi connectivity index (χ1) is 33.4. The number of rotatable bonds is 9. The Kier molecular flexibility index (Phi) is 9.66. The van der Waals surface area contributed by atoms with E-state index in [4.69, 9.17) is 4.42 Å². The highest BCUT2D eigenvalue weighted by atomic mass is 32.1. The molecule has 1 unspecified atom stereocenters. The van der Waals surface area contributed by atoms with Crippen molar-refractivity contribution in [2.45, 2.75) is 38.0 Å². The van der Waals surface area contributed by atoms with Crippen molar-refractivity contribution < 1.29 is 4.42 Å². The van der Waals surface area contributed by atoms with Gasteiger partial charge in [-0.15, -0.1) is 11.3 Å². The third-order valence-corrected chi connectivity index (χ3v) is 16.0. The molecule has 0 radical (unpaired) electrons. The molecule has 1 aliphatic rings. The van der Waals surface area contributed by atoms with Crippen LogP contribution in [-0.4, -0.2) is 0 Å². The Bertz CT molecular complexity index is 3850. The lowest BCUT2D eigenvalue weighted by atomic mass is 9.81. The molecule has 2 heterocycles. The van der Waals surface area contributed by atoms with Crippen LogP contribution in [0.3, 0.4) is 0 Å². The zero-order chi connectivity index (χ0) is 45.3. The summed E-state index contributed by atoms with van der Waals surface area (Å²) in [5.41, 5.74) is 21.3. The summed E-state index contributed by atoms with van der Waals surface area (Å²) in [6, 6.07) is 83.1. The summed E-state index contributed by atoms with van der Waals surface area (Å²) in [4.78, 5) is 0. The molecule has 0 bridgehead atoms. The van der Waals surface area contributed by atoms with E-state index < -0.39 is 0 Å². The molecule has 0 saturated heterocycles. The van der Waals surface area contributed by atoms with Crippen LogP contribution in [-0.2, 0) is 18.3 Å². The normalized spacial score (nSPS) is 13.3. The second-order valence-corrected chi connectivity index (χ2v) is 20.2. The molecule has 1 nitrogen and oxygen atoms in total. The van der Waals surface area contributed by atoms with Gasteiger partial charge in [-0.3, -0.25) is 0 Å². The summed E-state index contributed by atoms with van der Waals surface area (Å²) in [5, 5.41) is 4.95. The average Bonchev–Trinajstić information content (AvgIpc) is 4.04. The minimum Gasteiger partial charge on any atom is -0.455 e. The number of furan rings is 1. The lowest BCUT2D eigenvalue weighted by Gasteiger charge is -2.22. The number of fused-ring (bicyclic) bond motifs is 9. The van der Waals surface area contributed by atoms with Gasteiger partial charge in [-0.05, 0) is 115 Å². The van der Waals surface area contributed by atoms with Crippen molar-refractivity contribution in [1.29, 1.82) is 0 Å². The van der Waals surface area contributed by atoms with Crippen LogP contribution in [0.1, 0.15) is 47.6 Å². The van der Waals surface area contributed by atoms with Crippen molar-refractivity contribution in [1.82, 2.24) is 0 Å². The molecule has 10 aromatic carbocycles. The number of para-hydroxylation sites is 2. The molecule has 0 saturated carbocycles. The van der Waals surface area contributed by atoms with Gasteiger partial charge in [0.15, 0.2) is 0 Å². The van der Waals surface area contributed by atoms with Gasteiger partial charge in [-0.1, -0.05) is 220 Å². The summed E-state index contributed by atoms with van der Waals surface area (Å²) in [6.07, 6.45) is 1.87. The van der Waals surface area contributed by atoms with E-state index in [0.717, 1.165) is 40.3 Å². The van der Waals surface area contributed by atoms with Gasteiger partial charge in [0.1, 0.15) is 11.2 Å². The van der Waals surface area contributed by atoms with Crippen molar-refractivity contribution in [2.24, 2.45) is 0 Å². The maximum atomic E-state index is 6.42. The van der Waals surface area contributed by atoms with Crippen molar-refractivity contribution in [2.75, 3.05) is 0 Å². The fourth-order valence-corrected chi connectivity index (χ4v) is 12.4. The van der Waals surface area contributed by atoms with Crippen LogP contribution in [0, 0.1) is 0 Å². The number of benzene rings is 10. The molecule has 0 N–H and O–H groups in total. The monoisotopic (exact) mass is 888 g/mol. The molecule has 324 valence electrons. The van der Waals surface area contributed by atoms with Crippen molar-refractivity contribution in [3.8, 4) is 55.6 Å². The molecule has 12 aromatic rings. The van der Waals surface area contributed by atoms with E-state index in [9.17, 15) is 0 Å². The zero-order valence-electron chi connectivity index (χ0n) is 38.2. The third-order valence-electron chi connectivity index (χ3n) is 14.8. The Morgan fingerprint density at radius 2 is 0.956 bits per heavy atom. The molecule has 0 spiro atoms. The smallest absolute Gasteiger partial charge is 0.143 e. The highest BCUT2D eigenvalue weighted by Gasteiger charge is 2.35. The highest BCUT2D eigenvalue weighted by molar-refractivity contribution is 7.26. The van der Waals surface area contributed by atoms with E-state index in [2.05, 4.69) is 232 Å². The average molecular weight is 889 g/mol. The molecule has 0 amide bonds. The van der Waals surface area contributed by atoms with Gasteiger partial charge < -0.3 is 4.42 Å². The van der Waals surface area contributed by atoms with Crippen LogP contribution in [0.5, 0.6) is 0 Å². The quantitative estimate of drug-likeness (QED) is 0.141. The van der Waals surface area contributed by atoms with E-state index in [1.165, 1.54) is 98.1 Å². The van der Waals surface area contributed by atoms with Gasteiger partial charge >= 0.3 is 0 Å². The van der Waals surface area contributed by atoms with E-state index in [1.807, 2.05) is 17.4 Å². The van der Waals surface area contributed by atoms with Crippen LogP contribution >= 0.6 is 11.3 Å². The fourth-order valence-electron chi connectivity index (χ4n) is 11.2. The second kappa shape index (κ2) is 16.2. The summed E-state index contributed by atoms with van der Waals surface area (Å²) < 4.78 is 9.08. The largest absolute Gasteiger partial charge is 0.455 e. The maximum Gasteiger partial charge on any atom is 0.143 e. The van der Waals surface area contributed by atoms with Gasteiger partial charge in [0.05, 0.1) is 0 Å². The van der Waals surface area contributed by atoms with E-state index in [-0.39, 0.29) is 11.3 Å². The summed E-state index contributed by atoms with van der Waals surface area (Å²) in [7, 11) is 0. The lowest BCUT2D eigenvalue weighted by molar-refractivity contribution is 0.660. The van der Waals surface area contributed by atoms with E-state index in [1.54, 1.807) is 0 Å². The Balaban J connectivity index is 0.815. The van der Waals surface area contributed by atoms with Gasteiger partial charge in [0.25, 0.3) is 0 Å². The van der Waals surface area contributed by atoms with Crippen molar-refractivity contribution >= 4 is 53.4 Å². The Hall–Kier alpha value is -7.78. The molecule has 0 aliphatic heterocycles. The Morgan fingerprint density at radius 3 is 1.75 bits per heavy atom. The van der Waals surface area contributed by atoms with E-state index >= 15 is 0 Å². The number of thiophene rings is 1. The minimum atomic E-state index is -0.0265. The molecule has 68 heavy (non-hydrogen) atoms. The lowest BCUT2D eigenvalue weighted by Crippen LogP contribution is -2.14. The molecule has 1 atom stereocenters. The van der Waals surface area contributed by atoms with E-state index in [0.29, 0.717) is 0 Å². The maximum absolute atomic E-state index is 6.42. The van der Waals surface area contributed by atoms with Crippen LogP contribution < -0.4 is 0 Å². The predicted molar refractivity (Wildman–Crippen MR) is 289 cm³/mol. The first-order valence-electron chi connectivity index (χ1n) is 23.9. The number of hydrogen-bond acceptors (Lipinski definition) is 2. The van der Waals surface area contributed by atoms with Crippen molar-refractivity contribution in [3.63, 3.8) is 0 Å². The first-order valence-corrected chi connectivity index (χ1v) is 24.7. The Morgan fingerprint density at radius 1 is 0.397 bits per heavy atom. The van der Waals surface area contributed by atoms with Crippen LogP contribution in [0.2, 0.25) is 0 Å². The SMILES string of the molecule is CC1(C)c2ccccc2-c2ccc(-c3ccc4c(c3)sc3c(-c5ccc(C(Cc6ccc(-c7ccccc7)cc6)Cc6ccc(-c7cccc8c7oc7ccccc78)cc6)cc5)cccc34)cc21. The zero-order valence-corrected chi connectivity index (χ0v) is 39.0. The fraction of sp³-hybridized carbons (Fsp3) is 0.0909. The molecular formula is C66H48OS. The summed E-state index contributed by atoms with van der Waals surface area (Å²) in [6.45, 7) is 4.72. The highest BCUT2D eigenvalue weighted by Crippen LogP contribution is 2.50. The van der Waals surface area contributed by atoms with Gasteiger partial charge in [0, 0.05) is 41.9 Å². The van der Waals surface area contributed by atoms with Gasteiger partial charge in [0.2, 0.25) is 0 Å². The molecular weight excluding hydrogens is 841 g/mol. The second-order valence-electron chi connectivity index (χ2n) is 19.2. The summed E-state index contributed by atoms with van der Waals surface area (Å²) >= 11 is 1.92. The van der Waals surface area contributed by atoms with Crippen molar-refractivity contribution in [3.05, 3.63) is 252 Å². The first kappa shape index (κ1) is 40.5. The van der Waals surface area contributed by atoms with Gasteiger partial charge in [-0.25, -0.2) is 0 Å². The minimum absolute atomic E-state index is 0.0265. The third kappa shape index (κ3) is 6.90.